The van der Waals surface area contributed by atoms with E-state index in [2.05, 4.69) is 0 Å². The summed E-state index contributed by atoms with van der Waals surface area (Å²) in [6, 6.07) is 3.34. The van der Waals surface area contributed by atoms with Crippen molar-refractivity contribution in [2.75, 3.05) is 13.2 Å². The number of hydrogen-bond donors (Lipinski definition) is 1. The van der Waals surface area contributed by atoms with Crippen molar-refractivity contribution in [3.63, 3.8) is 0 Å². The molecule has 1 aromatic rings. The average Bonchev–Trinajstić information content (AvgIpc) is 2.89. The molecule has 0 radical (unpaired) electrons. The Labute approximate surface area is 249 Å². The summed E-state index contributed by atoms with van der Waals surface area (Å²) in [7, 11) is 0. The molecule has 42 heavy (non-hydrogen) atoms. The molecular weight excluding hydrogens is 546 g/mol. The van der Waals surface area contributed by atoms with Gasteiger partial charge in [0, 0.05) is 6.42 Å². The van der Waals surface area contributed by atoms with E-state index < -0.39 is 36.5 Å². The third-order valence-electron chi connectivity index (χ3n) is 6.48. The Morgan fingerprint density at radius 1 is 0.762 bits per heavy atom. The first kappa shape index (κ1) is 36.7. The predicted molar refractivity (Wildman–Crippen MR) is 156 cm³/mol. The van der Waals surface area contributed by atoms with Crippen LogP contribution in [0.2, 0.25) is 0 Å². The first-order chi connectivity index (χ1) is 19.7. The van der Waals surface area contributed by atoms with Crippen LogP contribution in [0.3, 0.4) is 0 Å². The smallest absolute Gasteiger partial charge is 0.459 e. The molecule has 0 aromatic heterocycles. The molecule has 1 unspecified atom stereocenters. The molecule has 0 heterocycles. The van der Waals surface area contributed by atoms with Crippen LogP contribution in [0.5, 0.6) is 11.5 Å². The zero-order valence-electron chi connectivity index (χ0n) is 26.3. The van der Waals surface area contributed by atoms with Crippen molar-refractivity contribution in [2.45, 2.75) is 106 Å². The van der Waals surface area contributed by atoms with Crippen molar-refractivity contribution in [3.8, 4) is 11.5 Å². The Balaban J connectivity index is 2.90. The molecule has 0 aliphatic heterocycles. The van der Waals surface area contributed by atoms with E-state index in [4.69, 9.17) is 34.2 Å². The molecule has 0 bridgehead atoms. The highest BCUT2D eigenvalue weighted by atomic mass is 16.7. The van der Waals surface area contributed by atoms with E-state index in [0.29, 0.717) is 30.2 Å². The van der Waals surface area contributed by atoms with Crippen LogP contribution in [0.1, 0.15) is 86.6 Å². The van der Waals surface area contributed by atoms with Crippen LogP contribution in [-0.2, 0) is 35.0 Å². The summed E-state index contributed by atoms with van der Waals surface area (Å²) in [6.45, 7) is 15.5. The molecule has 11 nitrogen and oxygen atoms in total. The maximum atomic E-state index is 12.7. The molecule has 1 rings (SSSR count). The standard InChI is InChI=1S/C31H49NO10/c1-9-21(6)16-28(33)39-22(7)23(8)40-29(34)25(32)17-24-10-11-26(41-30(35)37-14-12-19(2)3)27(18-24)42-31(36)38-15-13-20(4)5/h10-11,18-23,25H,9,12-17,32H2,1-8H3/t21?,22-,23-,25-/m0/s1. The van der Waals surface area contributed by atoms with Gasteiger partial charge in [0.25, 0.3) is 0 Å². The Hall–Kier alpha value is -3.34. The monoisotopic (exact) mass is 595 g/mol. The molecule has 0 saturated heterocycles. The molecule has 0 aliphatic carbocycles. The minimum atomic E-state index is -1.07. The summed E-state index contributed by atoms with van der Waals surface area (Å²) < 4.78 is 31.6. The SMILES string of the molecule is CCC(C)CC(=O)O[C@@H](C)[C@H](C)OC(=O)[C@@H](N)Cc1ccc(OC(=O)OCCC(C)C)c(OC(=O)OCCC(C)C)c1. The van der Waals surface area contributed by atoms with Crippen molar-refractivity contribution >= 4 is 24.2 Å². The summed E-state index contributed by atoms with van der Waals surface area (Å²) in [5, 5.41) is 0. The average molecular weight is 596 g/mol. The van der Waals surface area contributed by atoms with Gasteiger partial charge in [0.05, 0.1) is 13.2 Å². The second-order valence-electron chi connectivity index (χ2n) is 11.4. The predicted octanol–water partition coefficient (Wildman–Crippen LogP) is 5.98. The third kappa shape index (κ3) is 15.0. The highest BCUT2D eigenvalue weighted by Crippen LogP contribution is 2.30. The highest BCUT2D eigenvalue weighted by molar-refractivity contribution is 5.76. The number of carbonyl (C=O) groups excluding carboxylic acids is 4. The molecule has 0 aliphatic rings. The van der Waals surface area contributed by atoms with Crippen LogP contribution in [0.4, 0.5) is 9.59 Å². The number of nitrogens with two attached hydrogens (primary N) is 1. The first-order valence-electron chi connectivity index (χ1n) is 14.7. The number of benzene rings is 1. The molecular formula is C31H49NO10. The fourth-order valence-corrected chi connectivity index (χ4v) is 3.32. The number of esters is 2. The van der Waals surface area contributed by atoms with Gasteiger partial charge in [-0.05, 0) is 68.6 Å². The van der Waals surface area contributed by atoms with E-state index in [9.17, 15) is 19.2 Å². The van der Waals surface area contributed by atoms with Crippen LogP contribution in [0, 0.1) is 17.8 Å². The van der Waals surface area contributed by atoms with E-state index >= 15 is 0 Å². The number of ether oxygens (including phenoxy) is 6. The van der Waals surface area contributed by atoms with Gasteiger partial charge in [-0.25, -0.2) is 9.59 Å². The number of hydrogen-bond acceptors (Lipinski definition) is 11. The molecule has 0 saturated carbocycles. The molecule has 0 fully saturated rings. The molecule has 1 aromatic carbocycles. The molecule has 0 spiro atoms. The fraction of sp³-hybridized carbons (Fsp3) is 0.677. The van der Waals surface area contributed by atoms with Gasteiger partial charge >= 0.3 is 24.2 Å². The van der Waals surface area contributed by atoms with Crippen LogP contribution in [-0.4, -0.2) is 55.7 Å². The summed E-state index contributed by atoms with van der Waals surface area (Å²) >= 11 is 0. The van der Waals surface area contributed by atoms with E-state index in [1.54, 1.807) is 19.9 Å². The molecule has 11 heteroatoms. The summed E-state index contributed by atoms with van der Waals surface area (Å²) in [6.07, 6.45) is -0.841. The van der Waals surface area contributed by atoms with Crippen molar-refractivity contribution in [2.24, 2.45) is 23.5 Å². The van der Waals surface area contributed by atoms with Crippen molar-refractivity contribution in [3.05, 3.63) is 23.8 Å². The quantitative estimate of drug-likeness (QED) is 0.129. The Morgan fingerprint density at radius 3 is 1.81 bits per heavy atom. The molecule has 0 amide bonds. The Bertz CT molecular complexity index is 1010. The van der Waals surface area contributed by atoms with E-state index in [1.165, 1.54) is 12.1 Å². The van der Waals surface area contributed by atoms with Crippen LogP contribution in [0.15, 0.2) is 18.2 Å². The van der Waals surface area contributed by atoms with Crippen molar-refractivity contribution < 1.29 is 47.6 Å². The highest BCUT2D eigenvalue weighted by Gasteiger charge is 2.25. The Morgan fingerprint density at radius 2 is 1.29 bits per heavy atom. The number of rotatable bonds is 17. The third-order valence-corrected chi connectivity index (χ3v) is 6.48. The van der Waals surface area contributed by atoms with Gasteiger partial charge in [0.15, 0.2) is 11.5 Å². The van der Waals surface area contributed by atoms with Crippen LogP contribution in [0.25, 0.3) is 0 Å². The zero-order chi connectivity index (χ0) is 31.8. The van der Waals surface area contributed by atoms with Gasteiger partial charge in [-0.2, -0.15) is 0 Å². The first-order valence-corrected chi connectivity index (χ1v) is 14.7. The van der Waals surface area contributed by atoms with Gasteiger partial charge in [-0.1, -0.05) is 54.0 Å². The lowest BCUT2D eigenvalue weighted by Crippen LogP contribution is -2.39. The maximum absolute atomic E-state index is 12.7. The molecule has 2 N–H and O–H groups in total. The van der Waals surface area contributed by atoms with Gasteiger partial charge in [-0.3, -0.25) is 9.59 Å². The lowest BCUT2D eigenvalue weighted by atomic mass is 10.1. The lowest BCUT2D eigenvalue weighted by Gasteiger charge is -2.23. The van der Waals surface area contributed by atoms with Crippen LogP contribution >= 0.6 is 0 Å². The largest absolute Gasteiger partial charge is 0.513 e. The van der Waals surface area contributed by atoms with Gasteiger partial charge < -0.3 is 34.2 Å². The minimum absolute atomic E-state index is 0.0195. The Kier molecular flexibility index (Phi) is 16.6. The maximum Gasteiger partial charge on any atom is 0.513 e. The minimum Gasteiger partial charge on any atom is -0.459 e. The zero-order valence-corrected chi connectivity index (χ0v) is 26.3. The number of carbonyl (C=O) groups is 4. The lowest BCUT2D eigenvalue weighted by molar-refractivity contribution is -0.166. The molecule has 4 atom stereocenters. The summed E-state index contributed by atoms with van der Waals surface area (Å²) in [5.74, 6) is -0.361. The van der Waals surface area contributed by atoms with Crippen molar-refractivity contribution in [1.82, 2.24) is 0 Å². The second-order valence-corrected chi connectivity index (χ2v) is 11.4. The van der Waals surface area contributed by atoms with Crippen molar-refractivity contribution in [1.29, 1.82) is 0 Å². The van der Waals surface area contributed by atoms with Crippen LogP contribution < -0.4 is 15.2 Å². The van der Waals surface area contributed by atoms with Gasteiger partial charge in [0.2, 0.25) is 0 Å². The topological polar surface area (TPSA) is 150 Å². The fourth-order valence-electron chi connectivity index (χ4n) is 3.32. The second kappa shape index (κ2) is 19.0. The normalized spacial score (nSPS) is 14.0. The summed E-state index contributed by atoms with van der Waals surface area (Å²) in [5.41, 5.74) is 6.61. The van der Waals surface area contributed by atoms with Gasteiger partial charge in [-0.15, -0.1) is 0 Å². The van der Waals surface area contributed by atoms with Gasteiger partial charge in [0.1, 0.15) is 18.2 Å². The van der Waals surface area contributed by atoms with E-state index in [-0.39, 0.29) is 49.4 Å². The van der Waals surface area contributed by atoms with E-state index in [0.717, 1.165) is 6.42 Å². The van der Waals surface area contributed by atoms with E-state index in [1.807, 2.05) is 41.5 Å². The summed E-state index contributed by atoms with van der Waals surface area (Å²) in [4.78, 5) is 49.3. The molecule has 238 valence electrons.